The van der Waals surface area contributed by atoms with Gasteiger partial charge in [-0.05, 0) is 33.6 Å². The van der Waals surface area contributed by atoms with Crippen molar-refractivity contribution < 1.29 is 38.3 Å². The number of carbonyl (C=O) groups is 1. The van der Waals surface area contributed by atoms with E-state index in [-0.39, 0.29) is 5.92 Å². The first-order valence-corrected chi connectivity index (χ1v) is 9.32. The molecule has 8 nitrogen and oxygen atoms in total. The summed E-state index contributed by atoms with van der Waals surface area (Å²) < 4.78 is 35.8. The van der Waals surface area contributed by atoms with E-state index in [0.29, 0.717) is 6.61 Å². The summed E-state index contributed by atoms with van der Waals surface area (Å²) in [6.07, 6.45) is 1.39. The highest BCUT2D eigenvalue weighted by Gasteiger charge is 2.66. The minimum absolute atomic E-state index is 0.225. The summed E-state index contributed by atoms with van der Waals surface area (Å²) in [6.45, 7) is 11.1. The third kappa shape index (κ3) is 4.21. The second kappa shape index (κ2) is 7.09. The Morgan fingerprint density at radius 1 is 1.15 bits per heavy atom. The monoisotopic (exact) mass is 386 g/mol. The van der Waals surface area contributed by atoms with Crippen molar-refractivity contribution in [3.05, 3.63) is 12.2 Å². The van der Waals surface area contributed by atoms with Gasteiger partial charge >= 0.3 is 5.97 Å². The summed E-state index contributed by atoms with van der Waals surface area (Å²) >= 11 is 0. The summed E-state index contributed by atoms with van der Waals surface area (Å²) in [5, 5.41) is 9.23. The number of carboxylic acid groups (broad SMARTS) is 1. The number of ether oxygens (including phenoxy) is 6. The summed E-state index contributed by atoms with van der Waals surface area (Å²) in [6, 6.07) is 0. The predicted octanol–water partition coefficient (Wildman–Crippen LogP) is 2.07. The van der Waals surface area contributed by atoms with Gasteiger partial charge in [0.15, 0.2) is 17.9 Å². The molecule has 0 amide bonds. The molecule has 8 heteroatoms. The number of rotatable bonds is 6. The zero-order chi connectivity index (χ0) is 20.0. The van der Waals surface area contributed by atoms with Crippen LogP contribution in [0.1, 0.15) is 41.5 Å². The van der Waals surface area contributed by atoms with Crippen LogP contribution < -0.4 is 0 Å². The topological polar surface area (TPSA) is 92.7 Å². The third-order valence-corrected chi connectivity index (χ3v) is 4.78. The fourth-order valence-electron chi connectivity index (χ4n) is 3.72. The molecule has 0 bridgehead atoms. The molecule has 1 unspecified atom stereocenters. The lowest BCUT2D eigenvalue weighted by molar-refractivity contribution is -0.247. The van der Waals surface area contributed by atoms with Crippen molar-refractivity contribution in [1.29, 1.82) is 0 Å². The molecular formula is C19H30O8. The van der Waals surface area contributed by atoms with E-state index >= 15 is 0 Å². The fourth-order valence-corrected chi connectivity index (χ4v) is 3.72. The molecule has 3 saturated heterocycles. The van der Waals surface area contributed by atoms with Gasteiger partial charge in [0, 0.05) is 0 Å². The van der Waals surface area contributed by atoms with Crippen molar-refractivity contribution in [2.75, 3.05) is 13.2 Å². The SMILES string of the molecule is CC(C)/C=C/[C@@]1(OCC(=O)O)[C@@H](C2COC(C)(C)O2)O[C@@H]2OC(C)(C)O[C@@H]21. The zero-order valence-corrected chi connectivity index (χ0v) is 16.8. The molecule has 3 fully saturated rings. The van der Waals surface area contributed by atoms with Crippen LogP contribution in [0.3, 0.4) is 0 Å². The van der Waals surface area contributed by atoms with Crippen molar-refractivity contribution in [1.82, 2.24) is 0 Å². The maximum Gasteiger partial charge on any atom is 0.329 e. The van der Waals surface area contributed by atoms with Gasteiger partial charge in [-0.25, -0.2) is 4.79 Å². The number of aliphatic carboxylic acids is 1. The molecule has 1 N–H and O–H groups in total. The second-order valence-electron chi connectivity index (χ2n) is 8.49. The van der Waals surface area contributed by atoms with Gasteiger partial charge < -0.3 is 33.5 Å². The zero-order valence-electron chi connectivity index (χ0n) is 16.8. The first kappa shape index (κ1) is 20.7. The van der Waals surface area contributed by atoms with Gasteiger partial charge in [-0.3, -0.25) is 0 Å². The van der Waals surface area contributed by atoms with Crippen molar-refractivity contribution in [3.63, 3.8) is 0 Å². The van der Waals surface area contributed by atoms with E-state index in [9.17, 15) is 9.90 Å². The van der Waals surface area contributed by atoms with Gasteiger partial charge in [0.1, 0.15) is 30.5 Å². The molecule has 0 spiro atoms. The van der Waals surface area contributed by atoms with Crippen molar-refractivity contribution >= 4 is 5.97 Å². The first-order valence-electron chi connectivity index (χ1n) is 9.32. The van der Waals surface area contributed by atoms with Gasteiger partial charge in [-0.1, -0.05) is 26.0 Å². The molecule has 154 valence electrons. The van der Waals surface area contributed by atoms with E-state index in [1.807, 2.05) is 39.8 Å². The molecule has 0 aliphatic carbocycles. The van der Waals surface area contributed by atoms with E-state index < -0.39 is 54.4 Å². The molecule has 5 atom stereocenters. The van der Waals surface area contributed by atoms with E-state index in [4.69, 9.17) is 28.4 Å². The van der Waals surface area contributed by atoms with Crippen LogP contribution in [0.15, 0.2) is 12.2 Å². The maximum atomic E-state index is 11.3. The minimum Gasteiger partial charge on any atom is -0.480 e. The van der Waals surface area contributed by atoms with Gasteiger partial charge in [-0.15, -0.1) is 0 Å². The van der Waals surface area contributed by atoms with Crippen molar-refractivity contribution in [2.24, 2.45) is 5.92 Å². The van der Waals surface area contributed by atoms with E-state index in [2.05, 4.69) is 0 Å². The Balaban J connectivity index is 1.98. The van der Waals surface area contributed by atoms with Crippen molar-refractivity contribution in [3.8, 4) is 0 Å². The first-order chi connectivity index (χ1) is 12.4. The Labute approximate surface area is 159 Å². The molecule has 27 heavy (non-hydrogen) atoms. The number of hydrogen-bond acceptors (Lipinski definition) is 7. The van der Waals surface area contributed by atoms with Crippen LogP contribution in [0.5, 0.6) is 0 Å². The Morgan fingerprint density at radius 2 is 1.85 bits per heavy atom. The Hall–Kier alpha value is -1.03. The van der Waals surface area contributed by atoms with Crippen molar-refractivity contribution in [2.45, 2.75) is 83.3 Å². The molecule has 3 aliphatic heterocycles. The van der Waals surface area contributed by atoms with E-state index in [0.717, 1.165) is 0 Å². The van der Waals surface area contributed by atoms with Gasteiger partial charge in [0.2, 0.25) is 0 Å². The van der Waals surface area contributed by atoms with Crippen LogP contribution in [0, 0.1) is 5.92 Å². The van der Waals surface area contributed by atoms with Crippen LogP contribution >= 0.6 is 0 Å². The Kier molecular flexibility index (Phi) is 5.44. The Morgan fingerprint density at radius 3 is 2.41 bits per heavy atom. The molecule has 0 radical (unpaired) electrons. The molecule has 3 aliphatic rings. The van der Waals surface area contributed by atoms with Gasteiger partial charge in [-0.2, -0.15) is 0 Å². The number of hydrogen-bond donors (Lipinski definition) is 1. The fraction of sp³-hybridized carbons (Fsp3) is 0.842. The molecule has 0 aromatic rings. The summed E-state index contributed by atoms with van der Waals surface area (Å²) in [5.74, 6) is -2.47. The molecular weight excluding hydrogens is 356 g/mol. The van der Waals surface area contributed by atoms with Crippen LogP contribution in [-0.4, -0.2) is 66.1 Å². The number of fused-ring (bicyclic) bond motifs is 1. The summed E-state index contributed by atoms with van der Waals surface area (Å²) in [5.41, 5.74) is -1.17. The second-order valence-corrected chi connectivity index (χ2v) is 8.49. The largest absolute Gasteiger partial charge is 0.480 e. The summed E-state index contributed by atoms with van der Waals surface area (Å²) in [4.78, 5) is 11.3. The van der Waals surface area contributed by atoms with Gasteiger partial charge in [0.25, 0.3) is 0 Å². The van der Waals surface area contributed by atoms with Crippen LogP contribution in [-0.2, 0) is 33.2 Å². The average molecular weight is 386 g/mol. The molecule has 3 rings (SSSR count). The minimum atomic E-state index is -1.17. The van der Waals surface area contributed by atoms with Crippen LogP contribution in [0.25, 0.3) is 0 Å². The van der Waals surface area contributed by atoms with E-state index in [1.54, 1.807) is 13.8 Å². The standard InChI is InChI=1S/C19H30O8/c1-11(2)7-8-19(23-10-13(20)21)14(12-9-22-17(3,4)25-12)24-16-15(19)26-18(5,6)27-16/h7-8,11-12,14-16H,9-10H2,1-6H3,(H,20,21)/b8-7+/t12?,14-,15+,16-,19-/m1/s1. The average Bonchev–Trinajstić information content (AvgIpc) is 3.12. The van der Waals surface area contributed by atoms with E-state index in [1.165, 1.54) is 0 Å². The molecule has 3 heterocycles. The quantitative estimate of drug-likeness (QED) is 0.694. The highest BCUT2D eigenvalue weighted by molar-refractivity contribution is 5.68. The smallest absolute Gasteiger partial charge is 0.329 e. The lowest BCUT2D eigenvalue weighted by Crippen LogP contribution is -2.55. The molecule has 0 aromatic heterocycles. The third-order valence-electron chi connectivity index (χ3n) is 4.78. The van der Waals surface area contributed by atoms with Crippen LogP contribution in [0.2, 0.25) is 0 Å². The maximum absolute atomic E-state index is 11.3. The predicted molar refractivity (Wildman–Crippen MR) is 93.9 cm³/mol. The van der Waals surface area contributed by atoms with Gasteiger partial charge in [0.05, 0.1) is 6.61 Å². The normalized spacial score (nSPS) is 40.1. The number of allylic oxidation sites excluding steroid dienone is 1. The molecule has 0 saturated carbocycles. The lowest BCUT2D eigenvalue weighted by Gasteiger charge is -2.37. The lowest BCUT2D eigenvalue weighted by atomic mass is 9.87. The number of carboxylic acids is 1. The summed E-state index contributed by atoms with van der Waals surface area (Å²) in [7, 11) is 0. The molecule has 0 aromatic carbocycles. The highest BCUT2D eigenvalue weighted by atomic mass is 16.9. The highest BCUT2D eigenvalue weighted by Crippen LogP contribution is 2.48. The Bertz CT molecular complexity index is 599. The van der Waals surface area contributed by atoms with Crippen LogP contribution in [0.4, 0.5) is 0 Å².